The van der Waals surface area contributed by atoms with Gasteiger partial charge in [-0.2, -0.15) is 4.98 Å². The summed E-state index contributed by atoms with van der Waals surface area (Å²) in [5.41, 5.74) is 14.7. The van der Waals surface area contributed by atoms with Gasteiger partial charge in [0.25, 0.3) is 0 Å². The first-order valence-corrected chi connectivity index (χ1v) is 8.04. The molecule has 3 rings (SSSR count). The number of carboxylic acids is 1. The molecule has 0 atom stereocenters. The lowest BCUT2D eigenvalue weighted by atomic mass is 10.1. The Morgan fingerprint density at radius 3 is 2.28 bits per heavy atom. The average Bonchev–Trinajstić information content (AvgIpc) is 2.62. The fourth-order valence-corrected chi connectivity index (χ4v) is 2.32. The van der Waals surface area contributed by atoms with E-state index < -0.39 is 5.97 Å². The first-order valence-electron chi connectivity index (χ1n) is 8.04. The van der Waals surface area contributed by atoms with E-state index in [1.807, 2.05) is 38.1 Å². The molecular formula is C18H21N5O2. The van der Waals surface area contributed by atoms with Gasteiger partial charge in [-0.15, -0.1) is 0 Å². The summed E-state index contributed by atoms with van der Waals surface area (Å²) in [7, 11) is 0. The van der Waals surface area contributed by atoms with Gasteiger partial charge in [-0.25, -0.2) is 14.8 Å². The summed E-state index contributed by atoms with van der Waals surface area (Å²) in [6, 6.07) is 10.5. The van der Waals surface area contributed by atoms with Crippen LogP contribution in [-0.4, -0.2) is 26.0 Å². The largest absolute Gasteiger partial charge is 0.478 e. The normalized spacial score (nSPS) is 10.2. The molecule has 0 fully saturated rings. The molecule has 5 N–H and O–H groups in total. The summed E-state index contributed by atoms with van der Waals surface area (Å²) in [5.74, 6) is -0.536. The van der Waals surface area contributed by atoms with E-state index in [1.54, 1.807) is 12.1 Å². The third kappa shape index (κ3) is 4.41. The second-order valence-corrected chi connectivity index (χ2v) is 5.14. The van der Waals surface area contributed by atoms with Gasteiger partial charge in [0.2, 0.25) is 5.95 Å². The number of carboxylic acid groups (broad SMARTS) is 1. The van der Waals surface area contributed by atoms with E-state index in [-0.39, 0.29) is 17.3 Å². The number of nitrogen functional groups attached to an aromatic ring is 2. The van der Waals surface area contributed by atoms with E-state index in [9.17, 15) is 4.79 Å². The zero-order valence-corrected chi connectivity index (χ0v) is 14.2. The lowest BCUT2D eigenvalue weighted by Crippen LogP contribution is -2.03. The van der Waals surface area contributed by atoms with Crippen LogP contribution in [0.25, 0.3) is 11.0 Å². The van der Waals surface area contributed by atoms with Crippen molar-refractivity contribution in [2.75, 3.05) is 11.5 Å². The SMILES string of the molecule is CC.Nc1nc(N)c2nc(CCc3ccc(C(=O)O)cc3)ccc2n1. The van der Waals surface area contributed by atoms with Gasteiger partial charge in [-0.3, -0.25) is 0 Å². The number of aromatic nitrogens is 3. The van der Waals surface area contributed by atoms with Crippen molar-refractivity contribution in [2.45, 2.75) is 26.7 Å². The number of pyridine rings is 1. The molecule has 25 heavy (non-hydrogen) atoms. The molecule has 0 aliphatic heterocycles. The second kappa shape index (κ2) is 8.05. The van der Waals surface area contributed by atoms with Gasteiger partial charge in [0.05, 0.1) is 11.1 Å². The van der Waals surface area contributed by atoms with Crippen LogP contribution in [0.4, 0.5) is 11.8 Å². The average molecular weight is 339 g/mol. The number of carbonyl (C=O) groups is 1. The van der Waals surface area contributed by atoms with E-state index in [4.69, 9.17) is 16.6 Å². The second-order valence-electron chi connectivity index (χ2n) is 5.14. The minimum absolute atomic E-state index is 0.128. The molecule has 2 aromatic heterocycles. The van der Waals surface area contributed by atoms with Crippen molar-refractivity contribution in [3.8, 4) is 0 Å². The third-order valence-corrected chi connectivity index (χ3v) is 3.51. The highest BCUT2D eigenvalue weighted by atomic mass is 16.4. The summed E-state index contributed by atoms with van der Waals surface area (Å²) in [6.07, 6.45) is 1.44. The Labute approximate surface area is 145 Å². The van der Waals surface area contributed by atoms with Gasteiger partial charge in [-0.05, 0) is 42.7 Å². The number of hydrogen-bond donors (Lipinski definition) is 3. The quantitative estimate of drug-likeness (QED) is 0.666. The third-order valence-electron chi connectivity index (χ3n) is 3.51. The predicted octanol–water partition coefficient (Wildman–Crippen LogP) is 2.70. The van der Waals surface area contributed by atoms with Gasteiger partial charge < -0.3 is 16.6 Å². The lowest BCUT2D eigenvalue weighted by molar-refractivity contribution is 0.0697. The van der Waals surface area contributed by atoms with Gasteiger partial charge >= 0.3 is 5.97 Å². The Morgan fingerprint density at radius 2 is 1.64 bits per heavy atom. The van der Waals surface area contributed by atoms with Gasteiger partial charge in [0, 0.05) is 5.69 Å². The number of benzene rings is 1. The number of nitrogens with zero attached hydrogens (tertiary/aromatic N) is 3. The maximum Gasteiger partial charge on any atom is 0.335 e. The fourth-order valence-electron chi connectivity index (χ4n) is 2.32. The van der Waals surface area contributed by atoms with Crippen LogP contribution in [0.15, 0.2) is 36.4 Å². The van der Waals surface area contributed by atoms with Crippen molar-refractivity contribution < 1.29 is 9.90 Å². The van der Waals surface area contributed by atoms with Crippen LogP contribution in [0.5, 0.6) is 0 Å². The highest BCUT2D eigenvalue weighted by Gasteiger charge is 2.07. The molecule has 0 unspecified atom stereocenters. The van der Waals surface area contributed by atoms with Crippen molar-refractivity contribution >= 4 is 28.8 Å². The van der Waals surface area contributed by atoms with E-state index in [1.165, 1.54) is 0 Å². The molecule has 0 amide bonds. The molecule has 3 aromatic rings. The van der Waals surface area contributed by atoms with Crippen LogP contribution in [0.2, 0.25) is 0 Å². The van der Waals surface area contributed by atoms with Crippen LogP contribution in [0.3, 0.4) is 0 Å². The van der Waals surface area contributed by atoms with Gasteiger partial charge in [0.15, 0.2) is 5.82 Å². The van der Waals surface area contributed by atoms with Gasteiger partial charge in [-0.1, -0.05) is 26.0 Å². The highest BCUT2D eigenvalue weighted by molar-refractivity contribution is 5.87. The number of aryl methyl sites for hydroxylation is 2. The molecule has 7 nitrogen and oxygen atoms in total. The summed E-state index contributed by atoms with van der Waals surface area (Å²) in [5, 5.41) is 8.89. The van der Waals surface area contributed by atoms with Crippen molar-refractivity contribution in [3.63, 3.8) is 0 Å². The van der Waals surface area contributed by atoms with Crippen molar-refractivity contribution in [1.29, 1.82) is 0 Å². The monoisotopic (exact) mass is 339 g/mol. The Hall–Kier alpha value is -3.22. The Bertz CT molecular complexity index is 879. The first-order chi connectivity index (χ1) is 12.0. The topological polar surface area (TPSA) is 128 Å². The van der Waals surface area contributed by atoms with Crippen molar-refractivity contribution in [3.05, 3.63) is 53.2 Å². The molecule has 2 heterocycles. The van der Waals surface area contributed by atoms with Crippen molar-refractivity contribution in [2.24, 2.45) is 0 Å². The van der Waals surface area contributed by atoms with E-state index >= 15 is 0 Å². The van der Waals surface area contributed by atoms with Crippen LogP contribution in [-0.2, 0) is 12.8 Å². The molecule has 0 saturated carbocycles. The maximum absolute atomic E-state index is 10.8. The molecule has 0 spiro atoms. The molecular weight excluding hydrogens is 318 g/mol. The smallest absolute Gasteiger partial charge is 0.335 e. The molecule has 7 heteroatoms. The Morgan fingerprint density at radius 1 is 0.960 bits per heavy atom. The molecule has 0 saturated heterocycles. The van der Waals surface area contributed by atoms with E-state index in [2.05, 4.69) is 15.0 Å². The lowest BCUT2D eigenvalue weighted by Gasteiger charge is -2.06. The number of hydrogen-bond acceptors (Lipinski definition) is 6. The minimum atomic E-state index is -0.928. The number of rotatable bonds is 4. The van der Waals surface area contributed by atoms with Crippen LogP contribution in [0, 0.1) is 0 Å². The zero-order valence-electron chi connectivity index (χ0n) is 14.2. The highest BCUT2D eigenvalue weighted by Crippen LogP contribution is 2.17. The maximum atomic E-state index is 10.8. The molecule has 0 aliphatic carbocycles. The first kappa shape index (κ1) is 18.1. The molecule has 1 aromatic carbocycles. The van der Waals surface area contributed by atoms with Gasteiger partial charge in [0.1, 0.15) is 5.52 Å². The predicted molar refractivity (Wildman–Crippen MR) is 98.3 cm³/mol. The number of fused-ring (bicyclic) bond motifs is 1. The summed E-state index contributed by atoms with van der Waals surface area (Å²) >= 11 is 0. The number of anilines is 2. The fraction of sp³-hybridized carbons (Fsp3) is 0.222. The number of aromatic carboxylic acids is 1. The molecule has 130 valence electrons. The summed E-state index contributed by atoms with van der Waals surface area (Å²) < 4.78 is 0. The minimum Gasteiger partial charge on any atom is -0.478 e. The van der Waals surface area contributed by atoms with Crippen LogP contribution < -0.4 is 11.5 Å². The Kier molecular flexibility index (Phi) is 5.84. The molecule has 0 radical (unpaired) electrons. The Balaban J connectivity index is 0.00000109. The van der Waals surface area contributed by atoms with E-state index in [0.717, 1.165) is 17.7 Å². The summed E-state index contributed by atoms with van der Waals surface area (Å²) in [6.45, 7) is 4.00. The van der Waals surface area contributed by atoms with Crippen LogP contribution >= 0.6 is 0 Å². The van der Waals surface area contributed by atoms with E-state index in [0.29, 0.717) is 17.5 Å². The molecule has 0 aliphatic rings. The molecule has 0 bridgehead atoms. The van der Waals surface area contributed by atoms with Crippen LogP contribution in [0.1, 0.15) is 35.5 Å². The standard InChI is InChI=1S/C16H15N5O2.C2H6/c17-14-13-12(20-16(18)21-14)8-7-11(19-13)6-3-9-1-4-10(5-2-9)15(22)23;1-2/h1-2,4-5,7-8H,3,6H2,(H,22,23)(H4,17,18,20,21);1-2H3. The summed E-state index contributed by atoms with van der Waals surface area (Å²) in [4.78, 5) is 23.3. The zero-order chi connectivity index (χ0) is 18.4. The number of nitrogens with two attached hydrogens (primary N) is 2. The van der Waals surface area contributed by atoms with Crippen molar-refractivity contribution in [1.82, 2.24) is 15.0 Å².